The second-order valence-corrected chi connectivity index (χ2v) is 4.29. The second-order valence-electron chi connectivity index (χ2n) is 4.29. The van der Waals surface area contributed by atoms with Crippen molar-refractivity contribution in [3.63, 3.8) is 0 Å². The molecule has 1 fully saturated rings. The molecule has 0 aliphatic carbocycles. The molecular weight excluding hydrogens is 228 g/mol. The summed E-state index contributed by atoms with van der Waals surface area (Å²) in [5.41, 5.74) is 1.37. The van der Waals surface area contributed by atoms with E-state index in [1.165, 1.54) is 0 Å². The number of morpholine rings is 1. The number of ether oxygens (including phenoxy) is 1. The number of carbonyl (C=O) groups is 1. The number of nitrogens with zero attached hydrogens (tertiary/aromatic N) is 2. The van der Waals surface area contributed by atoms with Crippen molar-refractivity contribution in [2.24, 2.45) is 0 Å². The van der Waals surface area contributed by atoms with E-state index in [0.29, 0.717) is 32.0 Å². The zero-order valence-corrected chi connectivity index (χ0v) is 10.0. The van der Waals surface area contributed by atoms with Crippen molar-refractivity contribution in [2.45, 2.75) is 0 Å². The van der Waals surface area contributed by atoms with Gasteiger partial charge in [-0.15, -0.1) is 0 Å². The van der Waals surface area contributed by atoms with Gasteiger partial charge in [0.25, 0.3) is 5.91 Å². The van der Waals surface area contributed by atoms with E-state index >= 15 is 0 Å². The van der Waals surface area contributed by atoms with Crippen LogP contribution in [0.15, 0.2) is 36.4 Å². The van der Waals surface area contributed by atoms with E-state index in [1.54, 1.807) is 11.0 Å². The van der Waals surface area contributed by atoms with Crippen molar-refractivity contribution < 1.29 is 9.53 Å². The molecular formula is C14H14N2O2. The minimum absolute atomic E-state index is 0.0101. The van der Waals surface area contributed by atoms with Gasteiger partial charge in [-0.1, -0.05) is 24.3 Å². The summed E-state index contributed by atoms with van der Waals surface area (Å²) < 4.78 is 5.24. The molecule has 0 unspecified atom stereocenters. The highest BCUT2D eigenvalue weighted by Crippen LogP contribution is 2.13. The number of para-hydroxylation sites is 1. The Labute approximate surface area is 105 Å². The number of aromatic nitrogens is 1. The SMILES string of the molecule is O=C(c1ccc2ccccc2n1)N1CCOCC1. The average molecular weight is 242 g/mol. The topological polar surface area (TPSA) is 42.4 Å². The monoisotopic (exact) mass is 242 g/mol. The minimum Gasteiger partial charge on any atom is -0.378 e. The standard InChI is InChI=1S/C14H14N2O2/c17-14(16-7-9-18-10-8-16)13-6-5-11-3-1-2-4-12(11)15-13/h1-6H,7-10H2. The van der Waals surface area contributed by atoms with Gasteiger partial charge in [-0.2, -0.15) is 0 Å². The minimum atomic E-state index is -0.0101. The predicted octanol–water partition coefficient (Wildman–Crippen LogP) is 1.71. The molecule has 0 bridgehead atoms. The van der Waals surface area contributed by atoms with Crippen LogP contribution < -0.4 is 0 Å². The Morgan fingerprint density at radius 3 is 2.72 bits per heavy atom. The van der Waals surface area contributed by atoms with Crippen LogP contribution in [-0.2, 0) is 4.74 Å². The van der Waals surface area contributed by atoms with Crippen LogP contribution in [0.2, 0.25) is 0 Å². The van der Waals surface area contributed by atoms with Gasteiger partial charge in [-0.3, -0.25) is 4.79 Å². The molecule has 1 amide bonds. The van der Waals surface area contributed by atoms with Gasteiger partial charge in [0.05, 0.1) is 18.7 Å². The van der Waals surface area contributed by atoms with Crippen LogP contribution in [0, 0.1) is 0 Å². The first-order valence-corrected chi connectivity index (χ1v) is 6.07. The first-order valence-electron chi connectivity index (χ1n) is 6.07. The van der Waals surface area contributed by atoms with Gasteiger partial charge in [0.15, 0.2) is 0 Å². The Bertz CT molecular complexity index is 577. The number of rotatable bonds is 1. The molecule has 2 aromatic rings. The molecule has 1 aromatic heterocycles. The summed E-state index contributed by atoms with van der Waals surface area (Å²) in [6.07, 6.45) is 0. The molecule has 1 saturated heterocycles. The molecule has 0 atom stereocenters. The maximum absolute atomic E-state index is 12.3. The van der Waals surface area contributed by atoms with Crippen molar-refractivity contribution in [3.8, 4) is 0 Å². The van der Waals surface area contributed by atoms with E-state index in [0.717, 1.165) is 10.9 Å². The summed E-state index contributed by atoms with van der Waals surface area (Å²) in [6, 6.07) is 11.5. The van der Waals surface area contributed by atoms with Crippen molar-refractivity contribution in [1.82, 2.24) is 9.88 Å². The molecule has 0 radical (unpaired) electrons. The molecule has 4 nitrogen and oxygen atoms in total. The average Bonchev–Trinajstić information content (AvgIpc) is 2.47. The number of hydrogen-bond acceptors (Lipinski definition) is 3. The van der Waals surface area contributed by atoms with Gasteiger partial charge in [-0.05, 0) is 12.1 Å². The Kier molecular flexibility index (Phi) is 2.94. The molecule has 18 heavy (non-hydrogen) atoms. The molecule has 1 aromatic carbocycles. The summed E-state index contributed by atoms with van der Waals surface area (Å²) in [7, 11) is 0. The highest BCUT2D eigenvalue weighted by atomic mass is 16.5. The number of pyridine rings is 1. The van der Waals surface area contributed by atoms with E-state index in [2.05, 4.69) is 4.98 Å². The fourth-order valence-corrected chi connectivity index (χ4v) is 2.11. The lowest BCUT2D eigenvalue weighted by atomic mass is 10.2. The lowest BCUT2D eigenvalue weighted by Crippen LogP contribution is -2.41. The number of benzene rings is 1. The Balaban J connectivity index is 1.91. The largest absolute Gasteiger partial charge is 0.378 e. The quantitative estimate of drug-likeness (QED) is 0.764. The highest BCUT2D eigenvalue weighted by molar-refractivity contribution is 5.94. The van der Waals surface area contributed by atoms with Crippen molar-refractivity contribution >= 4 is 16.8 Å². The molecule has 2 heterocycles. The third-order valence-electron chi connectivity index (χ3n) is 3.12. The number of carbonyl (C=O) groups excluding carboxylic acids is 1. The normalized spacial score (nSPS) is 15.9. The molecule has 0 saturated carbocycles. The molecule has 1 aliphatic rings. The maximum Gasteiger partial charge on any atom is 0.272 e. The number of fused-ring (bicyclic) bond motifs is 1. The molecule has 4 heteroatoms. The smallest absolute Gasteiger partial charge is 0.272 e. The van der Waals surface area contributed by atoms with Crippen molar-refractivity contribution in [1.29, 1.82) is 0 Å². The third-order valence-corrected chi connectivity index (χ3v) is 3.12. The predicted molar refractivity (Wildman–Crippen MR) is 68.5 cm³/mol. The zero-order valence-electron chi connectivity index (χ0n) is 10.0. The van der Waals surface area contributed by atoms with Crippen LogP contribution in [0.4, 0.5) is 0 Å². The summed E-state index contributed by atoms with van der Waals surface area (Å²) >= 11 is 0. The maximum atomic E-state index is 12.3. The van der Waals surface area contributed by atoms with E-state index < -0.39 is 0 Å². The Hall–Kier alpha value is -1.94. The molecule has 0 spiro atoms. The van der Waals surface area contributed by atoms with E-state index in [4.69, 9.17) is 4.74 Å². The fraction of sp³-hybridized carbons (Fsp3) is 0.286. The van der Waals surface area contributed by atoms with Crippen molar-refractivity contribution in [2.75, 3.05) is 26.3 Å². The Morgan fingerprint density at radius 2 is 1.89 bits per heavy atom. The van der Waals surface area contributed by atoms with E-state index in [9.17, 15) is 4.79 Å². The van der Waals surface area contributed by atoms with Crippen molar-refractivity contribution in [3.05, 3.63) is 42.1 Å². The molecule has 92 valence electrons. The number of amides is 1. The zero-order chi connectivity index (χ0) is 12.4. The fourth-order valence-electron chi connectivity index (χ4n) is 2.11. The van der Waals surface area contributed by atoms with E-state index in [-0.39, 0.29) is 5.91 Å². The van der Waals surface area contributed by atoms with Crippen LogP contribution in [-0.4, -0.2) is 42.1 Å². The van der Waals surface area contributed by atoms with Crippen LogP contribution >= 0.6 is 0 Å². The number of hydrogen-bond donors (Lipinski definition) is 0. The van der Waals surface area contributed by atoms with Crippen LogP contribution in [0.5, 0.6) is 0 Å². The summed E-state index contributed by atoms with van der Waals surface area (Å²) in [4.78, 5) is 18.5. The molecule has 0 N–H and O–H groups in total. The van der Waals surface area contributed by atoms with Gasteiger partial charge in [-0.25, -0.2) is 4.98 Å². The van der Waals surface area contributed by atoms with Gasteiger partial charge in [0.2, 0.25) is 0 Å². The van der Waals surface area contributed by atoms with Crippen LogP contribution in [0.1, 0.15) is 10.5 Å². The van der Waals surface area contributed by atoms with Crippen LogP contribution in [0.3, 0.4) is 0 Å². The van der Waals surface area contributed by atoms with Gasteiger partial charge in [0, 0.05) is 18.5 Å². The summed E-state index contributed by atoms with van der Waals surface area (Å²) in [6.45, 7) is 2.51. The van der Waals surface area contributed by atoms with Gasteiger partial charge >= 0.3 is 0 Å². The third kappa shape index (κ3) is 2.07. The summed E-state index contributed by atoms with van der Waals surface area (Å²) in [5.74, 6) is -0.0101. The van der Waals surface area contributed by atoms with Gasteiger partial charge < -0.3 is 9.64 Å². The van der Waals surface area contributed by atoms with E-state index in [1.807, 2.05) is 30.3 Å². The van der Waals surface area contributed by atoms with Gasteiger partial charge in [0.1, 0.15) is 5.69 Å². The first-order chi connectivity index (χ1) is 8.84. The first kappa shape index (κ1) is 11.2. The molecule has 3 rings (SSSR count). The second kappa shape index (κ2) is 4.74. The Morgan fingerprint density at radius 1 is 1.11 bits per heavy atom. The lowest BCUT2D eigenvalue weighted by Gasteiger charge is -2.26. The lowest BCUT2D eigenvalue weighted by molar-refractivity contribution is 0.0299. The summed E-state index contributed by atoms with van der Waals surface area (Å²) in [5, 5.41) is 1.05. The van der Waals surface area contributed by atoms with Crippen LogP contribution in [0.25, 0.3) is 10.9 Å². The highest BCUT2D eigenvalue weighted by Gasteiger charge is 2.19. The molecule has 1 aliphatic heterocycles.